The molecule has 0 unspecified atom stereocenters. The first-order valence-electron chi connectivity index (χ1n) is 7.40. The maximum Gasteiger partial charge on any atom is 0.328 e. The third-order valence-electron chi connectivity index (χ3n) is 4.07. The van der Waals surface area contributed by atoms with E-state index < -0.39 is 5.97 Å². The molecule has 0 atom stereocenters. The molecule has 1 N–H and O–H groups in total. The Balaban J connectivity index is 2.09. The van der Waals surface area contributed by atoms with Gasteiger partial charge >= 0.3 is 5.97 Å². The molecular formula is C17H19N3O3. The van der Waals surface area contributed by atoms with Crippen LogP contribution in [-0.2, 0) is 18.3 Å². The van der Waals surface area contributed by atoms with E-state index in [1.165, 1.54) is 5.56 Å². The molecule has 0 saturated carbocycles. The largest absolute Gasteiger partial charge is 0.497 e. The van der Waals surface area contributed by atoms with Gasteiger partial charge in [-0.15, -0.1) is 0 Å². The lowest BCUT2D eigenvalue weighted by atomic mass is 10.1. The first-order chi connectivity index (χ1) is 11.0. The highest BCUT2D eigenvalue weighted by molar-refractivity contribution is 5.88. The number of carbonyl (C=O) groups is 1. The SMILES string of the molecule is COc1ccc2c(c1)N(c1c(C=CC(=O)O)c(C)nn1C)CC2. The number of aryl methyl sites for hydroxylation is 2. The Morgan fingerprint density at radius 1 is 1.43 bits per heavy atom. The molecule has 2 heterocycles. The summed E-state index contributed by atoms with van der Waals surface area (Å²) in [5, 5.41) is 13.4. The number of aliphatic carboxylic acids is 1. The van der Waals surface area contributed by atoms with E-state index in [1.807, 2.05) is 26.1 Å². The summed E-state index contributed by atoms with van der Waals surface area (Å²) in [5.74, 6) is 0.729. The van der Waals surface area contributed by atoms with Gasteiger partial charge in [-0.05, 0) is 31.1 Å². The van der Waals surface area contributed by atoms with E-state index in [-0.39, 0.29) is 0 Å². The lowest BCUT2D eigenvalue weighted by molar-refractivity contribution is -0.131. The predicted molar refractivity (Wildman–Crippen MR) is 88.3 cm³/mol. The van der Waals surface area contributed by atoms with Crippen molar-refractivity contribution in [2.45, 2.75) is 13.3 Å². The summed E-state index contributed by atoms with van der Waals surface area (Å²) in [5.41, 5.74) is 3.96. The summed E-state index contributed by atoms with van der Waals surface area (Å²) in [6, 6.07) is 6.04. The Morgan fingerprint density at radius 3 is 2.91 bits per heavy atom. The number of rotatable bonds is 4. The minimum atomic E-state index is -0.970. The summed E-state index contributed by atoms with van der Waals surface area (Å²) in [6.07, 6.45) is 3.69. The van der Waals surface area contributed by atoms with E-state index in [1.54, 1.807) is 17.9 Å². The monoisotopic (exact) mass is 313 g/mol. The van der Waals surface area contributed by atoms with E-state index in [4.69, 9.17) is 9.84 Å². The zero-order chi connectivity index (χ0) is 16.6. The average Bonchev–Trinajstić information content (AvgIpc) is 3.04. The van der Waals surface area contributed by atoms with Crippen molar-refractivity contribution in [1.29, 1.82) is 0 Å². The van der Waals surface area contributed by atoms with Crippen LogP contribution >= 0.6 is 0 Å². The van der Waals surface area contributed by atoms with Crippen molar-refractivity contribution < 1.29 is 14.6 Å². The second kappa shape index (κ2) is 5.79. The molecule has 0 aliphatic carbocycles. The van der Waals surface area contributed by atoms with Crippen LogP contribution in [0.15, 0.2) is 24.3 Å². The smallest absolute Gasteiger partial charge is 0.328 e. The first kappa shape index (κ1) is 15.1. The Kier molecular flexibility index (Phi) is 3.82. The molecule has 1 aliphatic heterocycles. The zero-order valence-electron chi connectivity index (χ0n) is 13.4. The van der Waals surface area contributed by atoms with Crippen molar-refractivity contribution in [2.24, 2.45) is 7.05 Å². The second-order valence-electron chi connectivity index (χ2n) is 5.51. The number of nitrogens with zero attached hydrogens (tertiary/aromatic N) is 3. The molecule has 0 radical (unpaired) electrons. The third-order valence-corrected chi connectivity index (χ3v) is 4.07. The normalized spacial score (nSPS) is 13.6. The number of benzene rings is 1. The number of hydrogen-bond donors (Lipinski definition) is 1. The van der Waals surface area contributed by atoms with Crippen molar-refractivity contribution in [1.82, 2.24) is 9.78 Å². The molecular weight excluding hydrogens is 294 g/mol. The van der Waals surface area contributed by atoms with Crippen molar-refractivity contribution in [3.05, 3.63) is 41.1 Å². The molecule has 0 fully saturated rings. The standard InChI is InChI=1S/C17H19N3O3/c1-11-14(6-7-16(21)22)17(19(2)18-11)20-9-8-12-4-5-13(23-3)10-15(12)20/h4-7,10H,8-9H2,1-3H3,(H,21,22). The fourth-order valence-corrected chi connectivity index (χ4v) is 3.04. The van der Waals surface area contributed by atoms with Crippen LogP contribution in [0.25, 0.3) is 6.08 Å². The topological polar surface area (TPSA) is 67.6 Å². The molecule has 23 heavy (non-hydrogen) atoms. The maximum absolute atomic E-state index is 10.9. The zero-order valence-corrected chi connectivity index (χ0v) is 13.4. The molecule has 120 valence electrons. The van der Waals surface area contributed by atoms with E-state index in [0.29, 0.717) is 0 Å². The molecule has 2 aromatic rings. The molecule has 1 aromatic heterocycles. The van der Waals surface area contributed by atoms with Crippen LogP contribution in [0.3, 0.4) is 0 Å². The summed E-state index contributed by atoms with van der Waals surface area (Å²) in [6.45, 7) is 2.71. The van der Waals surface area contributed by atoms with Crippen LogP contribution in [0.4, 0.5) is 11.5 Å². The quantitative estimate of drug-likeness (QED) is 0.879. The molecule has 3 rings (SSSR count). The van der Waals surface area contributed by atoms with Crippen LogP contribution < -0.4 is 9.64 Å². The number of hydrogen-bond acceptors (Lipinski definition) is 4. The maximum atomic E-state index is 10.9. The van der Waals surface area contributed by atoms with E-state index >= 15 is 0 Å². The Hall–Kier alpha value is -2.76. The van der Waals surface area contributed by atoms with Gasteiger partial charge in [0.05, 0.1) is 12.8 Å². The Bertz CT molecular complexity index is 793. The van der Waals surface area contributed by atoms with Crippen LogP contribution in [0, 0.1) is 6.92 Å². The van der Waals surface area contributed by atoms with Gasteiger partial charge in [0.1, 0.15) is 11.6 Å². The van der Waals surface area contributed by atoms with E-state index in [9.17, 15) is 4.79 Å². The first-order valence-corrected chi connectivity index (χ1v) is 7.40. The highest BCUT2D eigenvalue weighted by atomic mass is 16.5. The van der Waals surface area contributed by atoms with Crippen LogP contribution in [-0.4, -0.2) is 34.5 Å². The molecule has 1 aliphatic rings. The predicted octanol–water partition coefficient (Wildman–Crippen LogP) is 2.53. The molecule has 6 heteroatoms. The lowest BCUT2D eigenvalue weighted by Gasteiger charge is -2.21. The van der Waals surface area contributed by atoms with E-state index in [2.05, 4.69) is 16.1 Å². The number of methoxy groups -OCH3 is 1. The second-order valence-corrected chi connectivity index (χ2v) is 5.51. The number of fused-ring (bicyclic) bond motifs is 1. The van der Waals surface area contributed by atoms with Gasteiger partial charge in [-0.2, -0.15) is 5.10 Å². The van der Waals surface area contributed by atoms with Crippen molar-refractivity contribution in [2.75, 3.05) is 18.6 Å². The summed E-state index contributed by atoms with van der Waals surface area (Å²) in [7, 11) is 3.52. The van der Waals surface area contributed by atoms with Gasteiger partial charge in [0.25, 0.3) is 0 Å². The molecule has 1 aromatic carbocycles. The van der Waals surface area contributed by atoms with Gasteiger partial charge < -0.3 is 14.7 Å². The van der Waals surface area contributed by atoms with Crippen molar-refractivity contribution >= 4 is 23.6 Å². The van der Waals surface area contributed by atoms with Crippen molar-refractivity contribution in [3.63, 3.8) is 0 Å². The summed E-state index contributed by atoms with van der Waals surface area (Å²) >= 11 is 0. The minimum Gasteiger partial charge on any atom is -0.497 e. The molecule has 6 nitrogen and oxygen atoms in total. The lowest BCUT2D eigenvalue weighted by Crippen LogP contribution is -2.17. The fraction of sp³-hybridized carbons (Fsp3) is 0.294. The molecule has 0 bridgehead atoms. The van der Waals surface area contributed by atoms with Gasteiger partial charge in [0, 0.05) is 37.0 Å². The average molecular weight is 313 g/mol. The highest BCUT2D eigenvalue weighted by Gasteiger charge is 2.26. The van der Waals surface area contributed by atoms with Gasteiger partial charge in [-0.3, -0.25) is 4.68 Å². The number of carboxylic acid groups (broad SMARTS) is 1. The highest BCUT2D eigenvalue weighted by Crippen LogP contribution is 2.39. The minimum absolute atomic E-state index is 0.802. The number of anilines is 2. The third kappa shape index (κ3) is 2.67. The van der Waals surface area contributed by atoms with Crippen LogP contribution in [0.2, 0.25) is 0 Å². The van der Waals surface area contributed by atoms with Crippen LogP contribution in [0.5, 0.6) is 5.75 Å². The van der Waals surface area contributed by atoms with Crippen molar-refractivity contribution in [3.8, 4) is 5.75 Å². The van der Waals surface area contributed by atoms with Gasteiger partial charge in [0.2, 0.25) is 0 Å². The number of aromatic nitrogens is 2. The Morgan fingerprint density at radius 2 is 2.22 bits per heavy atom. The van der Waals surface area contributed by atoms with Gasteiger partial charge in [-0.1, -0.05) is 6.07 Å². The van der Waals surface area contributed by atoms with Gasteiger partial charge in [-0.25, -0.2) is 4.79 Å². The van der Waals surface area contributed by atoms with Crippen LogP contribution in [0.1, 0.15) is 16.8 Å². The van der Waals surface area contributed by atoms with E-state index in [0.717, 1.165) is 47.6 Å². The Labute approximate surface area is 134 Å². The molecule has 0 amide bonds. The van der Waals surface area contributed by atoms with Gasteiger partial charge in [0.15, 0.2) is 0 Å². The molecule has 0 saturated heterocycles. The summed E-state index contributed by atoms with van der Waals surface area (Å²) in [4.78, 5) is 13.0. The molecule has 0 spiro atoms. The summed E-state index contributed by atoms with van der Waals surface area (Å²) < 4.78 is 7.12. The fourth-order valence-electron chi connectivity index (χ4n) is 3.04. The number of carboxylic acids is 1. The number of ether oxygens (including phenoxy) is 1.